The van der Waals surface area contributed by atoms with Gasteiger partial charge in [-0.1, -0.05) is 30.3 Å². The van der Waals surface area contributed by atoms with Crippen molar-refractivity contribution in [1.29, 1.82) is 0 Å². The minimum atomic E-state index is -0.318. The van der Waals surface area contributed by atoms with E-state index in [1.807, 2.05) is 61.6 Å². The van der Waals surface area contributed by atoms with Gasteiger partial charge in [-0.15, -0.1) is 0 Å². The average molecular weight is 325 g/mol. The third-order valence-corrected chi connectivity index (χ3v) is 4.45. The molecule has 0 unspecified atom stereocenters. The van der Waals surface area contributed by atoms with Crippen LogP contribution < -0.4 is 4.74 Å². The minimum absolute atomic E-state index is 0.0364. The maximum absolute atomic E-state index is 12.4. The molecule has 3 rings (SSSR count). The Morgan fingerprint density at radius 3 is 2.38 bits per heavy atom. The van der Waals surface area contributed by atoms with Crippen LogP contribution in [-0.4, -0.2) is 29.1 Å². The molecular formula is C20H23NO3. The molecule has 2 aromatic carbocycles. The van der Waals surface area contributed by atoms with Crippen LogP contribution >= 0.6 is 0 Å². The second-order valence-electron chi connectivity index (χ2n) is 6.42. The number of aliphatic hydroxyl groups excluding tert-OH is 1. The standard InChI is InChI=1S/C20H23NO3/c1-21(20(23)16-9-10-17(22)13-16)14-15-7-11-19(12-8-15)24-18-5-3-2-4-6-18/h2-8,11-12,16-17,22H,9-10,13-14H2,1H3/t16-,17-/m0/s1. The van der Waals surface area contributed by atoms with Crippen molar-refractivity contribution in [2.24, 2.45) is 5.92 Å². The summed E-state index contributed by atoms with van der Waals surface area (Å²) in [5.74, 6) is 1.66. The lowest BCUT2D eigenvalue weighted by atomic mass is 10.1. The molecule has 0 saturated heterocycles. The number of ether oxygens (including phenoxy) is 1. The highest BCUT2D eigenvalue weighted by Crippen LogP contribution is 2.27. The van der Waals surface area contributed by atoms with Crippen molar-refractivity contribution < 1.29 is 14.6 Å². The van der Waals surface area contributed by atoms with E-state index in [0.717, 1.165) is 29.9 Å². The summed E-state index contributed by atoms with van der Waals surface area (Å²) >= 11 is 0. The zero-order valence-corrected chi connectivity index (χ0v) is 13.9. The smallest absolute Gasteiger partial charge is 0.225 e. The second-order valence-corrected chi connectivity index (χ2v) is 6.42. The third kappa shape index (κ3) is 4.15. The van der Waals surface area contributed by atoms with E-state index in [4.69, 9.17) is 4.74 Å². The summed E-state index contributed by atoms with van der Waals surface area (Å²) in [6.07, 6.45) is 1.79. The van der Waals surface area contributed by atoms with Crippen LogP contribution in [0.25, 0.3) is 0 Å². The van der Waals surface area contributed by atoms with E-state index in [1.54, 1.807) is 4.90 Å². The Labute approximate surface area is 142 Å². The molecule has 1 amide bonds. The first-order valence-corrected chi connectivity index (χ1v) is 8.36. The Kier molecular flexibility index (Phi) is 5.16. The fourth-order valence-electron chi connectivity index (χ4n) is 3.13. The van der Waals surface area contributed by atoms with Gasteiger partial charge in [-0.3, -0.25) is 4.79 Å². The Hall–Kier alpha value is -2.33. The van der Waals surface area contributed by atoms with Gasteiger partial charge in [0.1, 0.15) is 11.5 Å². The van der Waals surface area contributed by atoms with Crippen LogP contribution in [0.1, 0.15) is 24.8 Å². The fraction of sp³-hybridized carbons (Fsp3) is 0.350. The van der Waals surface area contributed by atoms with E-state index in [0.29, 0.717) is 13.0 Å². The average Bonchev–Trinajstić information content (AvgIpc) is 3.03. The van der Waals surface area contributed by atoms with E-state index >= 15 is 0 Å². The summed E-state index contributed by atoms with van der Waals surface area (Å²) in [6.45, 7) is 0.567. The number of nitrogens with zero attached hydrogens (tertiary/aromatic N) is 1. The lowest BCUT2D eigenvalue weighted by Gasteiger charge is -2.21. The molecule has 2 atom stereocenters. The quantitative estimate of drug-likeness (QED) is 0.914. The van der Waals surface area contributed by atoms with Crippen LogP contribution in [0.5, 0.6) is 11.5 Å². The Morgan fingerprint density at radius 2 is 1.75 bits per heavy atom. The first-order valence-electron chi connectivity index (χ1n) is 8.36. The van der Waals surface area contributed by atoms with Crippen molar-refractivity contribution in [1.82, 2.24) is 4.90 Å². The molecule has 4 nitrogen and oxygen atoms in total. The van der Waals surface area contributed by atoms with Gasteiger partial charge >= 0.3 is 0 Å². The summed E-state index contributed by atoms with van der Waals surface area (Å²) in [5.41, 5.74) is 1.06. The summed E-state index contributed by atoms with van der Waals surface area (Å²) in [5, 5.41) is 9.59. The van der Waals surface area contributed by atoms with E-state index < -0.39 is 0 Å². The van der Waals surface area contributed by atoms with Crippen LogP contribution in [0.15, 0.2) is 54.6 Å². The molecule has 1 saturated carbocycles. The lowest BCUT2D eigenvalue weighted by molar-refractivity contribution is -0.134. The van der Waals surface area contributed by atoms with Crippen molar-refractivity contribution in [3.63, 3.8) is 0 Å². The minimum Gasteiger partial charge on any atom is -0.457 e. The number of hydrogen-bond acceptors (Lipinski definition) is 3. The molecular weight excluding hydrogens is 302 g/mol. The first kappa shape index (κ1) is 16.5. The van der Waals surface area contributed by atoms with Gasteiger partial charge < -0.3 is 14.7 Å². The third-order valence-electron chi connectivity index (χ3n) is 4.45. The number of aliphatic hydroxyl groups is 1. The predicted molar refractivity (Wildman–Crippen MR) is 92.8 cm³/mol. The number of hydrogen-bond donors (Lipinski definition) is 1. The first-order chi connectivity index (χ1) is 11.6. The maximum Gasteiger partial charge on any atom is 0.225 e. The predicted octanol–water partition coefficient (Wildman–Crippen LogP) is 3.60. The number of carbonyl (C=O) groups is 1. The number of para-hydroxylation sites is 1. The number of benzene rings is 2. The SMILES string of the molecule is CN(Cc1ccc(Oc2ccccc2)cc1)C(=O)[C@H]1CC[C@H](O)C1. The van der Waals surface area contributed by atoms with E-state index in [2.05, 4.69) is 0 Å². The van der Waals surface area contributed by atoms with Crippen LogP contribution in [0, 0.1) is 5.92 Å². The summed E-state index contributed by atoms with van der Waals surface area (Å²) in [4.78, 5) is 14.1. The van der Waals surface area contributed by atoms with Crippen LogP contribution in [0.3, 0.4) is 0 Å². The van der Waals surface area contributed by atoms with Crippen LogP contribution in [0.2, 0.25) is 0 Å². The Morgan fingerprint density at radius 1 is 1.08 bits per heavy atom. The van der Waals surface area contributed by atoms with Crippen LogP contribution in [0.4, 0.5) is 0 Å². The van der Waals surface area contributed by atoms with Crippen molar-refractivity contribution in [3.8, 4) is 11.5 Å². The van der Waals surface area contributed by atoms with Gasteiger partial charge in [0, 0.05) is 19.5 Å². The summed E-state index contributed by atoms with van der Waals surface area (Å²) in [7, 11) is 1.82. The second kappa shape index (κ2) is 7.49. The summed E-state index contributed by atoms with van der Waals surface area (Å²) < 4.78 is 5.77. The molecule has 0 aromatic heterocycles. The van der Waals surface area contributed by atoms with Gasteiger partial charge in [-0.25, -0.2) is 0 Å². The molecule has 4 heteroatoms. The van der Waals surface area contributed by atoms with E-state index in [-0.39, 0.29) is 17.9 Å². The van der Waals surface area contributed by atoms with Crippen molar-refractivity contribution in [3.05, 3.63) is 60.2 Å². The lowest BCUT2D eigenvalue weighted by Crippen LogP contribution is -2.31. The zero-order chi connectivity index (χ0) is 16.9. The summed E-state index contributed by atoms with van der Waals surface area (Å²) in [6, 6.07) is 17.4. The van der Waals surface area contributed by atoms with Crippen molar-refractivity contribution >= 4 is 5.91 Å². The monoisotopic (exact) mass is 325 g/mol. The van der Waals surface area contributed by atoms with Crippen molar-refractivity contribution in [2.75, 3.05) is 7.05 Å². The van der Waals surface area contributed by atoms with Gasteiger partial charge in [0.05, 0.1) is 6.10 Å². The molecule has 2 aromatic rings. The highest BCUT2D eigenvalue weighted by Gasteiger charge is 2.30. The molecule has 0 radical (unpaired) electrons. The van der Waals surface area contributed by atoms with E-state index in [9.17, 15) is 9.90 Å². The Bertz CT molecular complexity index is 669. The molecule has 0 heterocycles. The molecule has 0 spiro atoms. The number of carbonyl (C=O) groups excluding carboxylic acids is 1. The van der Waals surface area contributed by atoms with E-state index in [1.165, 1.54) is 0 Å². The molecule has 1 N–H and O–H groups in total. The molecule has 1 aliphatic carbocycles. The number of rotatable bonds is 5. The number of amides is 1. The molecule has 24 heavy (non-hydrogen) atoms. The van der Waals surface area contributed by atoms with Crippen LogP contribution in [-0.2, 0) is 11.3 Å². The zero-order valence-electron chi connectivity index (χ0n) is 13.9. The Balaban J connectivity index is 1.56. The highest BCUT2D eigenvalue weighted by molar-refractivity contribution is 5.78. The molecule has 0 aliphatic heterocycles. The van der Waals surface area contributed by atoms with Crippen molar-refractivity contribution in [2.45, 2.75) is 31.9 Å². The topological polar surface area (TPSA) is 49.8 Å². The highest BCUT2D eigenvalue weighted by atomic mass is 16.5. The van der Waals surface area contributed by atoms with Gasteiger partial charge in [0.15, 0.2) is 0 Å². The fourth-order valence-corrected chi connectivity index (χ4v) is 3.13. The van der Waals surface area contributed by atoms with Gasteiger partial charge in [-0.2, -0.15) is 0 Å². The molecule has 126 valence electrons. The largest absolute Gasteiger partial charge is 0.457 e. The van der Waals surface area contributed by atoms with Gasteiger partial charge in [-0.05, 0) is 49.1 Å². The maximum atomic E-state index is 12.4. The normalized spacial score (nSPS) is 19.9. The van der Waals surface area contributed by atoms with Gasteiger partial charge in [0.25, 0.3) is 0 Å². The molecule has 0 bridgehead atoms. The van der Waals surface area contributed by atoms with Gasteiger partial charge in [0.2, 0.25) is 5.91 Å². The molecule has 1 aliphatic rings. The molecule has 1 fully saturated rings.